The topological polar surface area (TPSA) is 107 Å². The highest BCUT2D eigenvalue weighted by atomic mass is 16.1. The second kappa shape index (κ2) is 5.60. The van der Waals surface area contributed by atoms with Crippen molar-refractivity contribution in [2.75, 3.05) is 13.1 Å². The third-order valence-corrected chi connectivity index (χ3v) is 1.53. The molecule has 0 atom stereocenters. The molecule has 1 aromatic heterocycles. The zero-order valence-electron chi connectivity index (χ0n) is 7.47. The second-order valence-corrected chi connectivity index (χ2v) is 2.53. The van der Waals surface area contributed by atoms with Crippen LogP contribution in [0.3, 0.4) is 0 Å². The van der Waals surface area contributed by atoms with Gasteiger partial charge in [-0.3, -0.25) is 9.89 Å². The van der Waals surface area contributed by atoms with Crippen LogP contribution in [0.4, 0.5) is 0 Å². The van der Waals surface area contributed by atoms with Crippen LogP contribution in [0.15, 0.2) is 17.4 Å². The summed E-state index contributed by atoms with van der Waals surface area (Å²) in [6.07, 6.45) is 2.14. The number of rotatable bonds is 5. The molecule has 0 unspecified atom stereocenters. The summed E-state index contributed by atoms with van der Waals surface area (Å²) in [4.78, 5) is 13.9. The molecule has 7 nitrogen and oxygen atoms in total. The summed E-state index contributed by atoms with van der Waals surface area (Å²) in [5.74, 6) is -0.205. The fraction of sp³-hybridized carbons (Fsp3) is 0.429. The zero-order valence-corrected chi connectivity index (χ0v) is 7.47. The fourth-order valence-corrected chi connectivity index (χ4v) is 0.874. The van der Waals surface area contributed by atoms with Crippen molar-refractivity contribution in [3.05, 3.63) is 28.4 Å². The van der Waals surface area contributed by atoms with E-state index in [0.717, 1.165) is 0 Å². The number of hydrogen-bond acceptors (Lipinski definition) is 3. The van der Waals surface area contributed by atoms with Crippen molar-refractivity contribution in [3.63, 3.8) is 0 Å². The van der Waals surface area contributed by atoms with Crippen LogP contribution in [-0.2, 0) is 0 Å². The van der Waals surface area contributed by atoms with E-state index < -0.39 is 0 Å². The summed E-state index contributed by atoms with van der Waals surface area (Å²) >= 11 is 0. The molecule has 1 aromatic rings. The van der Waals surface area contributed by atoms with Gasteiger partial charge >= 0.3 is 0 Å². The Kier molecular flexibility index (Phi) is 4.03. The molecule has 7 heteroatoms. The van der Waals surface area contributed by atoms with Crippen molar-refractivity contribution in [2.24, 2.45) is 5.11 Å². The Labute approximate surface area is 80.1 Å². The van der Waals surface area contributed by atoms with E-state index in [4.69, 9.17) is 5.53 Å². The first-order valence-corrected chi connectivity index (χ1v) is 4.13. The number of hydrogen-bond donors (Lipinski definition) is 2. The molecule has 0 aliphatic carbocycles. The lowest BCUT2D eigenvalue weighted by Gasteiger charge is -2.00. The highest BCUT2D eigenvalue weighted by Crippen LogP contribution is 1.90. The van der Waals surface area contributed by atoms with Crippen molar-refractivity contribution in [1.82, 2.24) is 15.5 Å². The lowest BCUT2D eigenvalue weighted by Crippen LogP contribution is -2.25. The Morgan fingerprint density at radius 2 is 2.64 bits per heavy atom. The van der Waals surface area contributed by atoms with E-state index in [1.54, 1.807) is 6.07 Å². The van der Waals surface area contributed by atoms with Gasteiger partial charge < -0.3 is 5.32 Å². The molecule has 74 valence electrons. The van der Waals surface area contributed by atoms with E-state index in [-0.39, 0.29) is 5.91 Å². The van der Waals surface area contributed by atoms with Crippen LogP contribution in [0.2, 0.25) is 0 Å². The van der Waals surface area contributed by atoms with Crippen molar-refractivity contribution in [3.8, 4) is 0 Å². The predicted molar refractivity (Wildman–Crippen MR) is 49.6 cm³/mol. The van der Waals surface area contributed by atoms with Gasteiger partial charge in [0.25, 0.3) is 5.91 Å². The minimum Gasteiger partial charge on any atom is -0.351 e. The third-order valence-electron chi connectivity index (χ3n) is 1.53. The van der Waals surface area contributed by atoms with Crippen molar-refractivity contribution in [1.29, 1.82) is 0 Å². The summed E-state index contributed by atoms with van der Waals surface area (Å²) in [7, 11) is 0. The number of azide groups is 1. The van der Waals surface area contributed by atoms with Crippen LogP contribution in [0.25, 0.3) is 10.4 Å². The fourth-order valence-electron chi connectivity index (χ4n) is 0.874. The Bertz CT molecular complexity index is 326. The number of nitrogens with one attached hydrogen (secondary N) is 2. The number of carbonyl (C=O) groups is 1. The molecule has 0 fully saturated rings. The maximum Gasteiger partial charge on any atom is 0.269 e. The van der Waals surface area contributed by atoms with E-state index >= 15 is 0 Å². The number of nitrogens with zero attached hydrogens (tertiary/aromatic N) is 4. The average Bonchev–Trinajstić information content (AvgIpc) is 2.70. The van der Waals surface area contributed by atoms with Crippen LogP contribution in [-0.4, -0.2) is 29.2 Å². The summed E-state index contributed by atoms with van der Waals surface area (Å²) < 4.78 is 0. The first kappa shape index (κ1) is 10.1. The highest BCUT2D eigenvalue weighted by Gasteiger charge is 2.03. The van der Waals surface area contributed by atoms with E-state index in [1.807, 2.05) is 0 Å². The lowest BCUT2D eigenvalue weighted by molar-refractivity contribution is 0.0948. The first-order chi connectivity index (χ1) is 6.84. The summed E-state index contributed by atoms with van der Waals surface area (Å²) in [5, 5.41) is 12.2. The number of amides is 1. The van der Waals surface area contributed by atoms with Crippen LogP contribution in [0.1, 0.15) is 16.9 Å². The predicted octanol–water partition coefficient (Wildman–Crippen LogP) is 0.840. The van der Waals surface area contributed by atoms with Crippen LogP contribution in [0, 0.1) is 0 Å². The minimum absolute atomic E-state index is 0.205. The molecule has 0 bridgehead atoms. The van der Waals surface area contributed by atoms with Gasteiger partial charge in [-0.05, 0) is 18.0 Å². The molecule has 0 spiro atoms. The zero-order chi connectivity index (χ0) is 10.2. The van der Waals surface area contributed by atoms with Gasteiger partial charge in [0.1, 0.15) is 5.69 Å². The molecule has 0 saturated carbocycles. The van der Waals surface area contributed by atoms with Crippen LogP contribution < -0.4 is 5.32 Å². The largest absolute Gasteiger partial charge is 0.351 e. The molecule has 0 saturated heterocycles. The first-order valence-electron chi connectivity index (χ1n) is 4.13. The third kappa shape index (κ3) is 3.16. The number of aromatic amines is 1. The van der Waals surface area contributed by atoms with E-state index in [1.165, 1.54) is 6.20 Å². The van der Waals surface area contributed by atoms with E-state index in [9.17, 15) is 4.79 Å². The Hall–Kier alpha value is -2.01. The highest BCUT2D eigenvalue weighted by molar-refractivity contribution is 5.91. The number of H-pyrrole nitrogens is 1. The molecule has 0 aromatic carbocycles. The monoisotopic (exact) mass is 194 g/mol. The van der Waals surface area contributed by atoms with Crippen LogP contribution >= 0.6 is 0 Å². The maximum absolute atomic E-state index is 11.3. The molecular weight excluding hydrogens is 184 g/mol. The molecule has 0 aliphatic rings. The molecule has 1 amide bonds. The van der Waals surface area contributed by atoms with Crippen molar-refractivity contribution in [2.45, 2.75) is 6.42 Å². The Morgan fingerprint density at radius 3 is 3.29 bits per heavy atom. The molecule has 1 heterocycles. The Balaban J connectivity index is 2.19. The number of carbonyl (C=O) groups excluding carboxylic acids is 1. The molecule has 14 heavy (non-hydrogen) atoms. The molecular formula is C7H10N6O. The van der Waals surface area contributed by atoms with Crippen molar-refractivity contribution >= 4 is 5.91 Å². The SMILES string of the molecule is [N-]=[N+]=NCCCNC(=O)c1ccn[nH]1. The Morgan fingerprint density at radius 1 is 1.79 bits per heavy atom. The van der Waals surface area contributed by atoms with Crippen LogP contribution in [0.5, 0.6) is 0 Å². The van der Waals surface area contributed by atoms with Gasteiger partial charge in [-0.25, -0.2) is 0 Å². The molecule has 2 N–H and O–H groups in total. The standard InChI is InChI=1S/C7H10N6O/c8-13-11-4-1-3-9-7(14)6-2-5-10-12-6/h2,5H,1,3-4H2,(H,9,14)(H,10,12). The smallest absolute Gasteiger partial charge is 0.269 e. The number of aromatic nitrogens is 2. The van der Waals surface area contributed by atoms with Gasteiger partial charge in [0, 0.05) is 24.2 Å². The van der Waals surface area contributed by atoms with Gasteiger partial charge in [0.05, 0.1) is 0 Å². The molecule has 1 rings (SSSR count). The van der Waals surface area contributed by atoms with Gasteiger partial charge in [-0.2, -0.15) is 5.10 Å². The molecule has 0 aliphatic heterocycles. The minimum atomic E-state index is -0.205. The van der Waals surface area contributed by atoms with Gasteiger partial charge in [-0.1, -0.05) is 5.11 Å². The van der Waals surface area contributed by atoms with Crippen molar-refractivity contribution < 1.29 is 4.79 Å². The average molecular weight is 194 g/mol. The molecule has 0 radical (unpaired) electrons. The lowest BCUT2D eigenvalue weighted by atomic mass is 10.4. The van der Waals surface area contributed by atoms with E-state index in [0.29, 0.717) is 25.2 Å². The normalized spacial score (nSPS) is 9.14. The van der Waals surface area contributed by atoms with Gasteiger partial charge in [0.2, 0.25) is 0 Å². The summed E-state index contributed by atoms with van der Waals surface area (Å²) in [6.45, 7) is 0.872. The second-order valence-electron chi connectivity index (χ2n) is 2.53. The summed E-state index contributed by atoms with van der Waals surface area (Å²) in [5.41, 5.74) is 8.41. The maximum atomic E-state index is 11.3. The van der Waals surface area contributed by atoms with E-state index in [2.05, 4.69) is 25.5 Å². The van der Waals surface area contributed by atoms with Gasteiger partial charge in [-0.15, -0.1) is 0 Å². The van der Waals surface area contributed by atoms with Gasteiger partial charge in [0.15, 0.2) is 0 Å². The summed E-state index contributed by atoms with van der Waals surface area (Å²) in [6, 6.07) is 1.59. The quantitative estimate of drug-likeness (QED) is 0.313.